The number of rotatable bonds is 4. The Hall–Kier alpha value is -3.72. The quantitative estimate of drug-likeness (QED) is 0.437. The molecule has 0 aliphatic rings. The molecule has 31 heavy (non-hydrogen) atoms. The van der Waals surface area contributed by atoms with Gasteiger partial charge in [-0.25, -0.2) is 9.67 Å². The molecule has 0 fully saturated rings. The summed E-state index contributed by atoms with van der Waals surface area (Å²) in [5.41, 5.74) is 0.417. The highest BCUT2D eigenvalue weighted by Crippen LogP contribution is 2.34. The molecule has 156 valence electrons. The van der Waals surface area contributed by atoms with Crippen LogP contribution in [0.4, 0.5) is 18.9 Å². The second-order valence-corrected chi connectivity index (χ2v) is 6.77. The minimum atomic E-state index is -4.61. The lowest BCUT2D eigenvalue weighted by Gasteiger charge is -2.11. The predicted octanol–water partition coefficient (Wildman–Crippen LogP) is 5.25. The maximum absolute atomic E-state index is 13.6. The summed E-state index contributed by atoms with van der Waals surface area (Å²) in [4.78, 5) is 20.1. The zero-order valence-corrected chi connectivity index (χ0v) is 16.4. The first-order valence-corrected chi connectivity index (χ1v) is 9.31. The number of nitrogens with zero attached hydrogens (tertiary/aromatic N) is 4. The summed E-state index contributed by atoms with van der Waals surface area (Å²) < 4.78 is 41.6. The second kappa shape index (κ2) is 8.19. The van der Waals surface area contributed by atoms with E-state index in [1.807, 2.05) is 0 Å². The molecule has 3 aromatic heterocycles. The molecular formula is C21H13ClF3N5O. The first-order chi connectivity index (χ1) is 14.8. The number of anilines is 1. The van der Waals surface area contributed by atoms with Crippen LogP contribution < -0.4 is 5.32 Å². The fourth-order valence-corrected chi connectivity index (χ4v) is 3.08. The van der Waals surface area contributed by atoms with Crippen LogP contribution in [0.5, 0.6) is 0 Å². The first kappa shape index (κ1) is 20.5. The lowest BCUT2D eigenvalue weighted by molar-refractivity contribution is -0.142. The molecular weight excluding hydrogens is 431 g/mol. The highest BCUT2D eigenvalue weighted by Gasteiger charge is 2.36. The molecule has 0 aliphatic heterocycles. The first-order valence-electron chi connectivity index (χ1n) is 8.93. The lowest BCUT2D eigenvalue weighted by atomic mass is 10.2. The number of carbonyl (C=O) groups is 1. The number of benzene rings is 1. The number of hydrogen-bond acceptors (Lipinski definition) is 4. The monoisotopic (exact) mass is 443 g/mol. The zero-order chi connectivity index (χ0) is 22.0. The average Bonchev–Trinajstić information content (AvgIpc) is 3.21. The molecule has 0 atom stereocenters. The summed E-state index contributed by atoms with van der Waals surface area (Å²) in [7, 11) is 0. The van der Waals surface area contributed by atoms with E-state index < -0.39 is 17.8 Å². The molecule has 4 aromatic rings. The second-order valence-electron chi connectivity index (χ2n) is 6.41. The summed E-state index contributed by atoms with van der Waals surface area (Å²) in [5, 5.41) is 6.79. The summed E-state index contributed by atoms with van der Waals surface area (Å²) in [6.07, 6.45) is -0.195. The summed E-state index contributed by atoms with van der Waals surface area (Å²) in [6.45, 7) is 0. The Labute approximate surface area is 179 Å². The molecule has 0 spiro atoms. The van der Waals surface area contributed by atoms with Crippen molar-refractivity contribution in [2.24, 2.45) is 0 Å². The maximum atomic E-state index is 13.6. The Morgan fingerprint density at radius 3 is 2.42 bits per heavy atom. The van der Waals surface area contributed by atoms with Gasteiger partial charge in [-0.15, -0.1) is 0 Å². The molecule has 0 radical (unpaired) electrons. The van der Waals surface area contributed by atoms with Crippen molar-refractivity contribution in [3.05, 3.63) is 89.6 Å². The number of halogens is 4. The van der Waals surface area contributed by atoms with E-state index in [0.717, 1.165) is 10.7 Å². The van der Waals surface area contributed by atoms with Gasteiger partial charge in [-0.05, 0) is 54.6 Å². The Balaban J connectivity index is 1.64. The van der Waals surface area contributed by atoms with Crippen LogP contribution in [-0.2, 0) is 6.18 Å². The molecule has 1 aromatic carbocycles. The van der Waals surface area contributed by atoms with Gasteiger partial charge in [0.25, 0.3) is 5.91 Å². The zero-order valence-electron chi connectivity index (χ0n) is 15.6. The Kier molecular flexibility index (Phi) is 5.43. The molecule has 1 amide bonds. The third-order valence-corrected chi connectivity index (χ3v) is 4.63. The molecule has 0 aliphatic carbocycles. The van der Waals surface area contributed by atoms with Gasteiger partial charge < -0.3 is 5.32 Å². The topological polar surface area (TPSA) is 72.7 Å². The highest BCUT2D eigenvalue weighted by molar-refractivity contribution is 6.33. The molecule has 0 saturated carbocycles. The number of carbonyl (C=O) groups excluding carboxylic acids is 1. The molecule has 6 nitrogen and oxygen atoms in total. The third kappa shape index (κ3) is 4.41. The van der Waals surface area contributed by atoms with Crippen LogP contribution in [0.2, 0.25) is 5.15 Å². The van der Waals surface area contributed by atoms with Crippen molar-refractivity contribution in [3.63, 3.8) is 0 Å². The van der Waals surface area contributed by atoms with Crippen molar-refractivity contribution in [1.82, 2.24) is 19.7 Å². The van der Waals surface area contributed by atoms with Gasteiger partial charge in [-0.3, -0.25) is 9.78 Å². The largest absolute Gasteiger partial charge is 0.433 e. The summed E-state index contributed by atoms with van der Waals surface area (Å²) >= 11 is 5.91. The molecule has 0 bridgehead atoms. The smallest absolute Gasteiger partial charge is 0.322 e. The van der Waals surface area contributed by atoms with Gasteiger partial charge in [0.15, 0.2) is 0 Å². The standard InChI is InChI=1S/C21H13ClF3N5O/c22-19-16(4-2-10-27-19)20(31)28-14-5-7-15(8-6-14)30-18(21(23,24)25)11-17(29-30)13-3-1-9-26-12-13/h1-12H,(H,28,31). The van der Waals surface area contributed by atoms with E-state index in [9.17, 15) is 18.0 Å². The number of nitrogens with one attached hydrogen (secondary N) is 1. The van der Waals surface area contributed by atoms with E-state index in [-0.39, 0.29) is 22.1 Å². The van der Waals surface area contributed by atoms with Crippen LogP contribution in [-0.4, -0.2) is 25.7 Å². The van der Waals surface area contributed by atoms with Crippen molar-refractivity contribution in [3.8, 4) is 16.9 Å². The third-order valence-electron chi connectivity index (χ3n) is 4.33. The van der Waals surface area contributed by atoms with Gasteiger partial charge in [0.2, 0.25) is 0 Å². The number of aromatic nitrogens is 4. The van der Waals surface area contributed by atoms with Gasteiger partial charge in [-0.1, -0.05) is 11.6 Å². The van der Waals surface area contributed by atoms with Crippen LogP contribution >= 0.6 is 11.6 Å². The van der Waals surface area contributed by atoms with Crippen molar-refractivity contribution < 1.29 is 18.0 Å². The molecule has 1 N–H and O–H groups in total. The van der Waals surface area contributed by atoms with Crippen LogP contribution in [0.3, 0.4) is 0 Å². The number of amides is 1. The van der Waals surface area contributed by atoms with Crippen molar-refractivity contribution in [2.75, 3.05) is 5.32 Å². The molecule has 4 rings (SSSR count). The van der Waals surface area contributed by atoms with Gasteiger partial charge in [-0.2, -0.15) is 18.3 Å². The van der Waals surface area contributed by atoms with Crippen molar-refractivity contribution in [1.29, 1.82) is 0 Å². The van der Waals surface area contributed by atoms with Gasteiger partial charge in [0.05, 0.1) is 16.9 Å². The van der Waals surface area contributed by atoms with Crippen LogP contribution in [0.15, 0.2) is 73.2 Å². The highest BCUT2D eigenvalue weighted by atomic mass is 35.5. The predicted molar refractivity (Wildman–Crippen MR) is 109 cm³/mol. The van der Waals surface area contributed by atoms with Gasteiger partial charge in [0, 0.05) is 29.8 Å². The number of pyridine rings is 2. The SMILES string of the molecule is O=C(Nc1ccc(-n2nc(-c3cccnc3)cc2C(F)(F)F)cc1)c1cccnc1Cl. The van der Waals surface area contributed by atoms with E-state index in [0.29, 0.717) is 11.3 Å². The van der Waals surface area contributed by atoms with Gasteiger partial charge in [0.1, 0.15) is 10.8 Å². The lowest BCUT2D eigenvalue weighted by Crippen LogP contribution is -2.14. The van der Waals surface area contributed by atoms with Crippen molar-refractivity contribution in [2.45, 2.75) is 6.18 Å². The molecule has 0 unspecified atom stereocenters. The normalized spacial score (nSPS) is 11.4. The molecule has 0 saturated heterocycles. The Morgan fingerprint density at radius 2 is 1.77 bits per heavy atom. The average molecular weight is 444 g/mol. The van der Waals surface area contributed by atoms with Gasteiger partial charge >= 0.3 is 6.18 Å². The van der Waals surface area contributed by atoms with Crippen LogP contribution in [0.1, 0.15) is 16.1 Å². The fraction of sp³-hybridized carbons (Fsp3) is 0.0476. The number of hydrogen-bond donors (Lipinski definition) is 1. The molecule has 10 heteroatoms. The minimum Gasteiger partial charge on any atom is -0.322 e. The van der Waals surface area contributed by atoms with Crippen LogP contribution in [0, 0.1) is 0 Å². The van der Waals surface area contributed by atoms with E-state index in [1.165, 1.54) is 48.9 Å². The summed E-state index contributed by atoms with van der Waals surface area (Å²) in [6, 6.07) is 13.1. The number of alkyl halides is 3. The minimum absolute atomic E-state index is 0.0471. The van der Waals surface area contributed by atoms with E-state index in [2.05, 4.69) is 20.4 Å². The van der Waals surface area contributed by atoms with E-state index >= 15 is 0 Å². The maximum Gasteiger partial charge on any atom is 0.433 e. The van der Waals surface area contributed by atoms with E-state index in [1.54, 1.807) is 18.2 Å². The van der Waals surface area contributed by atoms with Crippen molar-refractivity contribution >= 4 is 23.2 Å². The summed E-state index contributed by atoms with van der Waals surface area (Å²) in [5.74, 6) is -0.486. The Bertz CT molecular complexity index is 1220. The Morgan fingerprint density at radius 1 is 1.03 bits per heavy atom. The van der Waals surface area contributed by atoms with Crippen LogP contribution in [0.25, 0.3) is 16.9 Å². The molecule has 3 heterocycles. The fourth-order valence-electron chi connectivity index (χ4n) is 2.87. The van der Waals surface area contributed by atoms with E-state index in [4.69, 9.17) is 11.6 Å².